The van der Waals surface area contributed by atoms with E-state index in [4.69, 9.17) is 0 Å². The van der Waals surface area contributed by atoms with E-state index in [1.807, 2.05) is 6.08 Å². The summed E-state index contributed by atoms with van der Waals surface area (Å²) in [6.45, 7) is 6.71. The number of fused-ring (bicyclic) bond motifs is 3. The predicted octanol–water partition coefficient (Wildman–Crippen LogP) is 2.57. The molecule has 2 fully saturated rings. The first-order chi connectivity index (χ1) is 7.90. The fourth-order valence-electron chi connectivity index (χ4n) is 4.92. The Morgan fingerprint density at radius 2 is 2.12 bits per heavy atom. The lowest BCUT2D eigenvalue weighted by Gasteiger charge is -2.32. The third-order valence-corrected chi connectivity index (χ3v) is 5.89. The minimum absolute atomic E-state index is 0.0556. The summed E-state index contributed by atoms with van der Waals surface area (Å²) in [6.07, 6.45) is 5.15. The van der Waals surface area contributed by atoms with Gasteiger partial charge in [0, 0.05) is 12.0 Å². The highest BCUT2D eigenvalue weighted by atomic mass is 16.3. The molecular formula is C15H22O2. The molecular weight excluding hydrogens is 212 g/mol. The van der Waals surface area contributed by atoms with Gasteiger partial charge >= 0.3 is 0 Å². The fraction of sp³-hybridized carbons (Fsp3) is 0.800. The van der Waals surface area contributed by atoms with Gasteiger partial charge in [-0.3, -0.25) is 4.79 Å². The van der Waals surface area contributed by atoms with Crippen LogP contribution in [0.2, 0.25) is 0 Å². The maximum atomic E-state index is 12.3. The van der Waals surface area contributed by atoms with Crippen molar-refractivity contribution in [2.45, 2.75) is 40.0 Å². The second-order valence-electron chi connectivity index (χ2n) is 7.07. The highest BCUT2D eigenvalue weighted by Gasteiger charge is 2.62. The average Bonchev–Trinajstić information content (AvgIpc) is 2.80. The molecule has 0 saturated heterocycles. The van der Waals surface area contributed by atoms with Gasteiger partial charge in [0.2, 0.25) is 0 Å². The van der Waals surface area contributed by atoms with E-state index in [0.29, 0.717) is 23.5 Å². The van der Waals surface area contributed by atoms with Gasteiger partial charge in [-0.2, -0.15) is 0 Å². The predicted molar refractivity (Wildman–Crippen MR) is 66.4 cm³/mol. The maximum absolute atomic E-state index is 12.3. The molecule has 0 aromatic heterocycles. The number of hydrogen-bond donors (Lipinski definition) is 1. The van der Waals surface area contributed by atoms with Crippen LogP contribution in [0.25, 0.3) is 0 Å². The van der Waals surface area contributed by atoms with Gasteiger partial charge in [0.15, 0.2) is 5.78 Å². The van der Waals surface area contributed by atoms with Crippen molar-refractivity contribution in [3.05, 3.63) is 11.6 Å². The zero-order chi connectivity index (χ0) is 12.4. The minimum atomic E-state index is -0.151. The number of carbonyl (C=O) groups excluding carboxylic acids is 1. The zero-order valence-corrected chi connectivity index (χ0v) is 11.0. The largest absolute Gasteiger partial charge is 0.396 e. The van der Waals surface area contributed by atoms with Crippen LogP contribution >= 0.6 is 0 Å². The third kappa shape index (κ3) is 1.28. The van der Waals surface area contributed by atoms with Crippen LogP contribution in [-0.4, -0.2) is 17.5 Å². The van der Waals surface area contributed by atoms with Gasteiger partial charge < -0.3 is 5.11 Å². The highest BCUT2D eigenvalue weighted by molar-refractivity contribution is 5.99. The second-order valence-corrected chi connectivity index (χ2v) is 7.07. The third-order valence-electron chi connectivity index (χ3n) is 5.89. The Morgan fingerprint density at radius 1 is 1.41 bits per heavy atom. The van der Waals surface area contributed by atoms with E-state index in [9.17, 15) is 9.90 Å². The van der Waals surface area contributed by atoms with Crippen LogP contribution < -0.4 is 0 Å². The summed E-state index contributed by atoms with van der Waals surface area (Å²) in [5.41, 5.74) is 1.19. The van der Waals surface area contributed by atoms with E-state index in [0.717, 1.165) is 19.3 Å². The van der Waals surface area contributed by atoms with Gasteiger partial charge in [-0.15, -0.1) is 0 Å². The molecule has 0 bridgehead atoms. The Hall–Kier alpha value is -0.630. The minimum Gasteiger partial charge on any atom is -0.396 e. The monoisotopic (exact) mass is 234 g/mol. The molecule has 1 N–H and O–H groups in total. The van der Waals surface area contributed by atoms with Crippen molar-refractivity contribution in [1.82, 2.24) is 0 Å². The van der Waals surface area contributed by atoms with Gasteiger partial charge in [-0.05, 0) is 55.4 Å². The molecule has 0 spiro atoms. The molecule has 2 saturated carbocycles. The van der Waals surface area contributed by atoms with Gasteiger partial charge in [0.1, 0.15) is 0 Å². The summed E-state index contributed by atoms with van der Waals surface area (Å²) in [5, 5.41) is 9.52. The normalized spacial score (nSPS) is 52.6. The molecule has 0 aromatic carbocycles. The number of rotatable bonds is 1. The van der Waals surface area contributed by atoms with Crippen molar-refractivity contribution < 1.29 is 9.90 Å². The van der Waals surface area contributed by atoms with E-state index >= 15 is 0 Å². The molecule has 0 amide bonds. The Kier molecular flexibility index (Phi) is 2.17. The van der Waals surface area contributed by atoms with Gasteiger partial charge in [0.25, 0.3) is 0 Å². The number of allylic oxidation sites excluding steroid dienone is 2. The zero-order valence-electron chi connectivity index (χ0n) is 11.0. The number of carbonyl (C=O) groups is 1. The first-order valence-corrected chi connectivity index (χ1v) is 6.74. The lowest BCUT2D eigenvalue weighted by atomic mass is 9.70. The first-order valence-electron chi connectivity index (χ1n) is 6.74. The molecule has 5 unspecified atom stereocenters. The number of aliphatic hydroxyl groups is 1. The fourth-order valence-corrected chi connectivity index (χ4v) is 4.92. The van der Waals surface area contributed by atoms with E-state index < -0.39 is 0 Å². The molecule has 3 rings (SSSR count). The molecule has 94 valence electrons. The van der Waals surface area contributed by atoms with Gasteiger partial charge in [0.05, 0.1) is 0 Å². The molecule has 2 heteroatoms. The number of ketones is 1. The van der Waals surface area contributed by atoms with Crippen LogP contribution in [0.15, 0.2) is 11.6 Å². The van der Waals surface area contributed by atoms with Crippen molar-refractivity contribution in [2.24, 2.45) is 28.6 Å². The van der Waals surface area contributed by atoms with Crippen molar-refractivity contribution in [2.75, 3.05) is 6.61 Å². The van der Waals surface area contributed by atoms with Gasteiger partial charge in [-0.1, -0.05) is 19.4 Å². The van der Waals surface area contributed by atoms with E-state index in [1.54, 1.807) is 0 Å². The maximum Gasteiger partial charge on any atom is 0.162 e. The van der Waals surface area contributed by atoms with Crippen LogP contribution in [0.5, 0.6) is 0 Å². The smallest absolute Gasteiger partial charge is 0.162 e. The number of hydrogen-bond acceptors (Lipinski definition) is 2. The summed E-state index contributed by atoms with van der Waals surface area (Å²) in [6, 6.07) is 0. The molecule has 17 heavy (non-hydrogen) atoms. The van der Waals surface area contributed by atoms with E-state index in [-0.39, 0.29) is 17.4 Å². The van der Waals surface area contributed by atoms with Crippen LogP contribution in [0.1, 0.15) is 40.0 Å². The lowest BCUT2D eigenvalue weighted by molar-refractivity contribution is -0.125. The highest BCUT2D eigenvalue weighted by Crippen LogP contribution is 2.65. The Morgan fingerprint density at radius 3 is 2.76 bits per heavy atom. The summed E-state index contributed by atoms with van der Waals surface area (Å²) >= 11 is 0. The van der Waals surface area contributed by atoms with Crippen LogP contribution in [0.3, 0.4) is 0 Å². The SMILES string of the molecule is CC1=CC(=O)C2(C)C1CC1CC(C)(CO)CC12. The summed E-state index contributed by atoms with van der Waals surface area (Å²) in [4.78, 5) is 12.3. The summed E-state index contributed by atoms with van der Waals surface area (Å²) in [7, 11) is 0. The van der Waals surface area contributed by atoms with Crippen molar-refractivity contribution in [3.8, 4) is 0 Å². The van der Waals surface area contributed by atoms with Crippen molar-refractivity contribution in [1.29, 1.82) is 0 Å². The first kappa shape index (κ1) is 11.5. The van der Waals surface area contributed by atoms with Crippen LogP contribution in [0, 0.1) is 28.6 Å². The Labute approximate surface area is 103 Å². The lowest BCUT2D eigenvalue weighted by Crippen LogP contribution is -2.34. The number of aliphatic hydroxyl groups excluding tert-OH is 1. The van der Waals surface area contributed by atoms with Crippen LogP contribution in [0.4, 0.5) is 0 Å². The molecule has 0 aliphatic heterocycles. The molecule has 3 aliphatic rings. The molecule has 3 aliphatic carbocycles. The molecule has 0 radical (unpaired) electrons. The Bertz CT molecular complexity index is 411. The van der Waals surface area contributed by atoms with E-state index in [2.05, 4.69) is 20.8 Å². The molecule has 5 atom stereocenters. The van der Waals surface area contributed by atoms with Crippen molar-refractivity contribution in [3.63, 3.8) is 0 Å². The summed E-state index contributed by atoms with van der Waals surface area (Å²) in [5.74, 6) is 1.96. The topological polar surface area (TPSA) is 37.3 Å². The molecule has 0 heterocycles. The van der Waals surface area contributed by atoms with Crippen molar-refractivity contribution >= 4 is 5.78 Å². The summed E-state index contributed by atoms with van der Waals surface area (Å²) < 4.78 is 0. The average molecular weight is 234 g/mol. The quantitative estimate of drug-likeness (QED) is 0.757. The van der Waals surface area contributed by atoms with Crippen LogP contribution in [-0.2, 0) is 4.79 Å². The molecule has 2 nitrogen and oxygen atoms in total. The molecule has 0 aromatic rings. The standard InChI is InChI=1S/C15H22O2/c1-9-4-13(17)15(3)11(9)5-10-6-14(2,8-16)7-12(10)15/h4,10-12,16H,5-8H2,1-3H3. The Balaban J connectivity index is 1.95. The van der Waals surface area contributed by atoms with E-state index in [1.165, 1.54) is 5.57 Å². The van der Waals surface area contributed by atoms with Gasteiger partial charge in [-0.25, -0.2) is 0 Å². The second kappa shape index (κ2) is 3.23.